The zero-order chi connectivity index (χ0) is 13.8. The summed E-state index contributed by atoms with van der Waals surface area (Å²) in [6, 6.07) is 8.84. The average molecular weight is 248 g/mol. The van der Waals surface area contributed by atoms with Crippen LogP contribution < -0.4 is 0 Å². The minimum absolute atomic E-state index is 0.0666. The lowest BCUT2D eigenvalue weighted by Crippen LogP contribution is -2.18. The van der Waals surface area contributed by atoms with Crippen molar-refractivity contribution in [3.05, 3.63) is 35.4 Å². The maximum atomic E-state index is 5.78. The highest BCUT2D eigenvalue weighted by atomic mass is 16.5. The Balaban J connectivity index is 2.58. The van der Waals surface area contributed by atoms with Gasteiger partial charge in [-0.25, -0.2) is 0 Å². The molecule has 18 heavy (non-hydrogen) atoms. The Hall–Kier alpha value is -0.820. The normalized spacial score (nSPS) is 12.8. The van der Waals surface area contributed by atoms with Crippen LogP contribution >= 0.6 is 0 Å². The molecule has 1 heteroatoms. The van der Waals surface area contributed by atoms with Gasteiger partial charge in [0.05, 0.1) is 12.2 Å². The van der Waals surface area contributed by atoms with E-state index in [4.69, 9.17) is 4.74 Å². The van der Waals surface area contributed by atoms with Gasteiger partial charge in [0, 0.05) is 0 Å². The molecule has 0 saturated carbocycles. The quantitative estimate of drug-likeness (QED) is 0.714. The van der Waals surface area contributed by atoms with Gasteiger partial charge in [0.2, 0.25) is 0 Å². The van der Waals surface area contributed by atoms with Crippen LogP contribution in [0, 0.1) is 5.41 Å². The maximum Gasteiger partial charge on any atom is 0.0724 e. The molecule has 0 heterocycles. The summed E-state index contributed by atoms with van der Waals surface area (Å²) in [5.41, 5.74) is 3.00. The minimum atomic E-state index is -0.0666. The highest BCUT2D eigenvalue weighted by Crippen LogP contribution is 2.25. The molecule has 0 saturated heterocycles. The van der Waals surface area contributed by atoms with Gasteiger partial charge in [0.1, 0.15) is 0 Å². The van der Waals surface area contributed by atoms with Crippen molar-refractivity contribution in [3.63, 3.8) is 0 Å². The molecule has 0 radical (unpaired) electrons. The van der Waals surface area contributed by atoms with E-state index in [0.29, 0.717) is 12.0 Å². The number of ether oxygens (including phenoxy) is 1. The van der Waals surface area contributed by atoms with Crippen LogP contribution in [0.5, 0.6) is 0 Å². The molecule has 0 atom stereocenters. The van der Waals surface area contributed by atoms with E-state index in [1.54, 1.807) is 0 Å². The molecule has 0 fully saturated rings. The van der Waals surface area contributed by atoms with Crippen molar-refractivity contribution in [2.24, 2.45) is 5.41 Å². The van der Waals surface area contributed by atoms with Crippen LogP contribution in [0.15, 0.2) is 24.3 Å². The highest BCUT2D eigenvalue weighted by molar-refractivity contribution is 5.23. The summed E-state index contributed by atoms with van der Waals surface area (Å²) < 4.78 is 5.78. The average Bonchev–Trinajstić information content (AvgIpc) is 2.27. The van der Waals surface area contributed by atoms with Gasteiger partial charge in [-0.1, -0.05) is 51.5 Å². The van der Waals surface area contributed by atoms with Crippen LogP contribution in [0.25, 0.3) is 0 Å². The first-order valence-electron chi connectivity index (χ1n) is 6.94. The van der Waals surface area contributed by atoms with E-state index < -0.39 is 0 Å². The Morgan fingerprint density at radius 1 is 0.889 bits per heavy atom. The van der Waals surface area contributed by atoms with Crippen molar-refractivity contribution in [1.29, 1.82) is 0 Å². The summed E-state index contributed by atoms with van der Waals surface area (Å²) in [5, 5.41) is 0. The van der Waals surface area contributed by atoms with E-state index in [-0.39, 0.29) is 5.60 Å². The van der Waals surface area contributed by atoms with E-state index in [1.807, 2.05) is 0 Å². The lowest BCUT2D eigenvalue weighted by molar-refractivity contribution is -0.0149. The van der Waals surface area contributed by atoms with Gasteiger partial charge in [-0.3, -0.25) is 0 Å². The second-order valence-corrected chi connectivity index (χ2v) is 6.91. The van der Waals surface area contributed by atoms with Gasteiger partial charge in [-0.15, -0.1) is 0 Å². The summed E-state index contributed by atoms with van der Waals surface area (Å²) in [5.74, 6) is 0. The van der Waals surface area contributed by atoms with Crippen LogP contribution in [-0.2, 0) is 17.8 Å². The fourth-order valence-electron chi connectivity index (χ4n) is 1.73. The van der Waals surface area contributed by atoms with Gasteiger partial charge >= 0.3 is 0 Å². The second-order valence-electron chi connectivity index (χ2n) is 6.91. The van der Waals surface area contributed by atoms with Crippen LogP contribution in [0.4, 0.5) is 0 Å². The van der Waals surface area contributed by atoms with Gasteiger partial charge in [-0.05, 0) is 43.7 Å². The third kappa shape index (κ3) is 5.68. The lowest BCUT2D eigenvalue weighted by Gasteiger charge is -2.23. The molecular weight excluding hydrogens is 220 g/mol. The molecule has 102 valence electrons. The molecule has 1 aromatic rings. The third-order valence-corrected chi connectivity index (χ3v) is 3.33. The predicted molar refractivity (Wildman–Crippen MR) is 78.8 cm³/mol. The first-order valence-corrected chi connectivity index (χ1v) is 6.94. The fourth-order valence-corrected chi connectivity index (χ4v) is 1.73. The summed E-state index contributed by atoms with van der Waals surface area (Å²) in [6.45, 7) is 13.9. The summed E-state index contributed by atoms with van der Waals surface area (Å²) in [6.07, 6.45) is 2.35. The van der Waals surface area contributed by atoms with Crippen LogP contribution in [0.1, 0.15) is 59.1 Å². The Kier molecular flexibility index (Phi) is 4.98. The van der Waals surface area contributed by atoms with Gasteiger partial charge in [-0.2, -0.15) is 0 Å². The van der Waals surface area contributed by atoms with Gasteiger partial charge in [0.25, 0.3) is 0 Å². The Bertz CT molecular complexity index is 354. The Morgan fingerprint density at radius 2 is 1.39 bits per heavy atom. The highest BCUT2D eigenvalue weighted by Gasteiger charge is 2.15. The van der Waals surface area contributed by atoms with E-state index >= 15 is 0 Å². The number of hydrogen-bond donors (Lipinski definition) is 0. The second kappa shape index (κ2) is 5.88. The molecule has 0 bridgehead atoms. The van der Waals surface area contributed by atoms with Crippen LogP contribution in [-0.4, -0.2) is 5.60 Å². The number of hydrogen-bond acceptors (Lipinski definition) is 1. The summed E-state index contributed by atoms with van der Waals surface area (Å²) in [4.78, 5) is 0. The van der Waals surface area contributed by atoms with Crippen LogP contribution in [0.3, 0.4) is 0 Å². The number of rotatable bonds is 5. The molecule has 0 amide bonds. The van der Waals surface area contributed by atoms with Crippen molar-refractivity contribution < 1.29 is 4.74 Å². The largest absolute Gasteiger partial charge is 0.371 e. The molecule has 0 unspecified atom stereocenters. The van der Waals surface area contributed by atoms with Gasteiger partial charge < -0.3 is 4.74 Å². The molecule has 0 aliphatic rings. The third-order valence-electron chi connectivity index (χ3n) is 3.33. The van der Waals surface area contributed by atoms with Crippen molar-refractivity contribution in [2.75, 3.05) is 0 Å². The zero-order valence-corrected chi connectivity index (χ0v) is 12.8. The molecule has 1 aromatic carbocycles. The molecule has 0 aliphatic heterocycles. The smallest absolute Gasteiger partial charge is 0.0724 e. The number of benzene rings is 1. The monoisotopic (exact) mass is 248 g/mol. The molecule has 1 nitrogen and oxygen atoms in total. The maximum absolute atomic E-state index is 5.78. The van der Waals surface area contributed by atoms with Crippen molar-refractivity contribution in [3.8, 4) is 0 Å². The predicted octanol–water partition coefficient (Wildman–Crippen LogP) is 4.98. The Labute approximate surface area is 113 Å². The van der Waals surface area contributed by atoms with Crippen molar-refractivity contribution in [1.82, 2.24) is 0 Å². The molecular formula is C17H28O. The molecule has 1 rings (SSSR count). The summed E-state index contributed by atoms with van der Waals surface area (Å²) >= 11 is 0. The van der Waals surface area contributed by atoms with E-state index in [0.717, 1.165) is 6.42 Å². The minimum Gasteiger partial charge on any atom is -0.371 e. The van der Waals surface area contributed by atoms with Crippen molar-refractivity contribution >= 4 is 0 Å². The van der Waals surface area contributed by atoms with E-state index in [2.05, 4.69) is 65.8 Å². The van der Waals surface area contributed by atoms with Crippen LogP contribution in [0.2, 0.25) is 0 Å². The zero-order valence-electron chi connectivity index (χ0n) is 12.8. The van der Waals surface area contributed by atoms with E-state index in [1.165, 1.54) is 17.5 Å². The van der Waals surface area contributed by atoms with Gasteiger partial charge in [0.15, 0.2) is 0 Å². The molecule has 0 spiro atoms. The topological polar surface area (TPSA) is 9.23 Å². The Morgan fingerprint density at radius 3 is 1.83 bits per heavy atom. The van der Waals surface area contributed by atoms with Crippen molar-refractivity contribution in [2.45, 2.75) is 66.6 Å². The molecule has 0 N–H and O–H groups in total. The fraction of sp³-hybridized carbons (Fsp3) is 0.647. The van der Waals surface area contributed by atoms with E-state index in [9.17, 15) is 0 Å². The standard InChI is InChI=1S/C17H28O/c1-7-17(5,6)12-14-8-10-15(11-9-14)13-18-16(2,3)4/h8-11H,7,12-13H2,1-6H3. The molecule has 0 aromatic heterocycles. The first-order chi connectivity index (χ1) is 8.22. The first kappa shape index (κ1) is 15.2. The summed E-state index contributed by atoms with van der Waals surface area (Å²) in [7, 11) is 0. The lowest BCUT2D eigenvalue weighted by atomic mass is 9.83. The SMILES string of the molecule is CCC(C)(C)Cc1ccc(COC(C)(C)C)cc1. The molecule has 0 aliphatic carbocycles.